The number of ether oxygens (including phenoxy) is 3. The Hall–Kier alpha value is -3.36. The van der Waals surface area contributed by atoms with Crippen molar-refractivity contribution in [2.24, 2.45) is 0 Å². The van der Waals surface area contributed by atoms with Gasteiger partial charge in [-0.1, -0.05) is 0 Å². The number of hydrogen-bond donors (Lipinski definition) is 2. The SMILES string of the molecule is COc1ccc(OC)c(C(C)NC(=O)COC(=O)CCNc2ncccn2)c1. The molecule has 1 atom stereocenters. The molecule has 1 heterocycles. The molecule has 28 heavy (non-hydrogen) atoms. The van der Waals surface area contributed by atoms with E-state index >= 15 is 0 Å². The molecule has 2 N–H and O–H groups in total. The van der Waals surface area contributed by atoms with Gasteiger partial charge in [0.2, 0.25) is 5.95 Å². The van der Waals surface area contributed by atoms with Crippen molar-refractivity contribution in [1.29, 1.82) is 0 Å². The molecule has 1 amide bonds. The van der Waals surface area contributed by atoms with Crippen LogP contribution in [0.25, 0.3) is 0 Å². The number of benzene rings is 1. The standard InChI is InChI=1S/C19H24N4O5/c1-13(15-11-14(26-2)5-6-16(15)27-3)23-17(24)12-28-18(25)7-10-22-19-20-8-4-9-21-19/h4-6,8-9,11,13H,7,10,12H2,1-3H3,(H,23,24)(H,20,21,22). The zero-order valence-electron chi connectivity index (χ0n) is 16.1. The maximum absolute atomic E-state index is 12.1. The highest BCUT2D eigenvalue weighted by Crippen LogP contribution is 2.29. The lowest BCUT2D eigenvalue weighted by Gasteiger charge is -2.18. The van der Waals surface area contributed by atoms with Crippen molar-refractivity contribution in [1.82, 2.24) is 15.3 Å². The van der Waals surface area contributed by atoms with Crippen molar-refractivity contribution < 1.29 is 23.8 Å². The summed E-state index contributed by atoms with van der Waals surface area (Å²) < 4.78 is 15.5. The molecule has 9 nitrogen and oxygen atoms in total. The van der Waals surface area contributed by atoms with Crippen LogP contribution in [0.2, 0.25) is 0 Å². The number of methoxy groups -OCH3 is 2. The normalized spacial score (nSPS) is 11.2. The smallest absolute Gasteiger partial charge is 0.308 e. The van der Waals surface area contributed by atoms with Gasteiger partial charge in [-0.05, 0) is 31.2 Å². The van der Waals surface area contributed by atoms with Crippen LogP contribution in [-0.4, -0.2) is 49.2 Å². The Kier molecular flexibility index (Phi) is 8.01. The molecular formula is C19H24N4O5. The summed E-state index contributed by atoms with van der Waals surface area (Å²) in [6.45, 7) is 1.75. The number of nitrogens with one attached hydrogen (secondary N) is 2. The predicted molar refractivity (Wildman–Crippen MR) is 102 cm³/mol. The Morgan fingerprint density at radius 3 is 2.57 bits per heavy atom. The maximum Gasteiger partial charge on any atom is 0.308 e. The summed E-state index contributed by atoms with van der Waals surface area (Å²) in [5.41, 5.74) is 0.758. The minimum Gasteiger partial charge on any atom is -0.497 e. The van der Waals surface area contributed by atoms with Gasteiger partial charge in [0.1, 0.15) is 11.5 Å². The van der Waals surface area contributed by atoms with Crippen LogP contribution in [-0.2, 0) is 14.3 Å². The second kappa shape index (κ2) is 10.7. The molecule has 0 fully saturated rings. The molecular weight excluding hydrogens is 364 g/mol. The van der Waals surface area contributed by atoms with Crippen LogP contribution in [0.15, 0.2) is 36.7 Å². The van der Waals surface area contributed by atoms with Crippen molar-refractivity contribution in [2.75, 3.05) is 32.7 Å². The third-order valence-electron chi connectivity index (χ3n) is 3.82. The van der Waals surface area contributed by atoms with Gasteiger partial charge in [0.25, 0.3) is 5.91 Å². The van der Waals surface area contributed by atoms with Gasteiger partial charge in [-0.3, -0.25) is 9.59 Å². The average Bonchev–Trinajstić information content (AvgIpc) is 2.72. The highest BCUT2D eigenvalue weighted by Gasteiger charge is 2.16. The number of aromatic nitrogens is 2. The fourth-order valence-corrected chi connectivity index (χ4v) is 2.42. The Morgan fingerprint density at radius 1 is 1.14 bits per heavy atom. The van der Waals surface area contributed by atoms with E-state index in [1.165, 1.54) is 0 Å². The highest BCUT2D eigenvalue weighted by molar-refractivity contribution is 5.81. The molecule has 0 aliphatic rings. The largest absolute Gasteiger partial charge is 0.497 e. The van der Waals surface area contributed by atoms with Gasteiger partial charge in [0, 0.05) is 24.5 Å². The summed E-state index contributed by atoms with van der Waals surface area (Å²) >= 11 is 0. The van der Waals surface area contributed by atoms with E-state index in [0.29, 0.717) is 24.0 Å². The fraction of sp³-hybridized carbons (Fsp3) is 0.368. The molecule has 1 aromatic carbocycles. The number of hydrogen-bond acceptors (Lipinski definition) is 8. The van der Waals surface area contributed by atoms with Crippen molar-refractivity contribution >= 4 is 17.8 Å². The zero-order chi connectivity index (χ0) is 20.4. The van der Waals surface area contributed by atoms with Gasteiger partial charge in [-0.2, -0.15) is 0 Å². The van der Waals surface area contributed by atoms with Crippen molar-refractivity contribution in [3.05, 3.63) is 42.2 Å². The van der Waals surface area contributed by atoms with E-state index in [1.54, 1.807) is 57.8 Å². The van der Waals surface area contributed by atoms with Gasteiger partial charge in [-0.25, -0.2) is 9.97 Å². The van der Waals surface area contributed by atoms with Crippen LogP contribution in [0.5, 0.6) is 11.5 Å². The molecule has 1 unspecified atom stereocenters. The molecule has 0 saturated heterocycles. The predicted octanol–water partition coefficient (Wildman–Crippen LogP) is 1.72. The third kappa shape index (κ3) is 6.42. The van der Waals surface area contributed by atoms with Gasteiger partial charge in [0.15, 0.2) is 6.61 Å². The number of carbonyl (C=O) groups excluding carboxylic acids is 2. The summed E-state index contributed by atoms with van der Waals surface area (Å²) in [5.74, 6) is 0.794. The van der Waals surface area contributed by atoms with E-state index in [1.807, 2.05) is 0 Å². The summed E-state index contributed by atoms with van der Waals surface area (Å²) in [4.78, 5) is 31.8. The van der Waals surface area contributed by atoms with Crippen LogP contribution < -0.4 is 20.1 Å². The average molecular weight is 388 g/mol. The molecule has 0 aliphatic heterocycles. The highest BCUT2D eigenvalue weighted by atomic mass is 16.5. The molecule has 9 heteroatoms. The lowest BCUT2D eigenvalue weighted by atomic mass is 10.1. The van der Waals surface area contributed by atoms with E-state index in [4.69, 9.17) is 14.2 Å². The Balaban J connectivity index is 1.76. The van der Waals surface area contributed by atoms with Gasteiger partial charge in [0.05, 0.1) is 26.7 Å². The Morgan fingerprint density at radius 2 is 1.89 bits per heavy atom. The van der Waals surface area contributed by atoms with Crippen LogP contribution in [0, 0.1) is 0 Å². The minimum atomic E-state index is -0.495. The Bertz CT molecular complexity index is 785. The van der Waals surface area contributed by atoms with E-state index in [0.717, 1.165) is 5.56 Å². The zero-order valence-corrected chi connectivity index (χ0v) is 16.1. The van der Waals surface area contributed by atoms with Gasteiger partial charge >= 0.3 is 5.97 Å². The van der Waals surface area contributed by atoms with E-state index in [-0.39, 0.29) is 19.1 Å². The molecule has 0 spiro atoms. The maximum atomic E-state index is 12.1. The second-order valence-electron chi connectivity index (χ2n) is 5.81. The molecule has 0 bridgehead atoms. The summed E-state index contributed by atoms with van der Waals surface area (Å²) in [5, 5.41) is 5.66. The summed E-state index contributed by atoms with van der Waals surface area (Å²) in [6, 6.07) is 6.66. The number of esters is 1. The first kappa shape index (κ1) is 20.9. The molecule has 1 aromatic heterocycles. The van der Waals surface area contributed by atoms with E-state index < -0.39 is 11.9 Å². The number of rotatable bonds is 10. The summed E-state index contributed by atoms with van der Waals surface area (Å²) in [6.07, 6.45) is 3.28. The molecule has 150 valence electrons. The third-order valence-corrected chi connectivity index (χ3v) is 3.82. The first-order chi connectivity index (χ1) is 13.5. The number of carbonyl (C=O) groups is 2. The van der Waals surface area contributed by atoms with E-state index in [2.05, 4.69) is 20.6 Å². The number of anilines is 1. The topological polar surface area (TPSA) is 112 Å². The fourth-order valence-electron chi connectivity index (χ4n) is 2.42. The van der Waals surface area contributed by atoms with Gasteiger partial charge < -0.3 is 24.8 Å². The van der Waals surface area contributed by atoms with Crippen LogP contribution in [0.4, 0.5) is 5.95 Å². The van der Waals surface area contributed by atoms with Crippen molar-refractivity contribution in [3.63, 3.8) is 0 Å². The molecule has 2 rings (SSSR count). The lowest BCUT2D eigenvalue weighted by Crippen LogP contribution is -2.31. The van der Waals surface area contributed by atoms with Crippen LogP contribution >= 0.6 is 0 Å². The number of nitrogens with zero attached hydrogens (tertiary/aromatic N) is 2. The first-order valence-corrected chi connectivity index (χ1v) is 8.71. The molecule has 0 saturated carbocycles. The quantitative estimate of drug-likeness (QED) is 0.592. The van der Waals surface area contributed by atoms with Crippen molar-refractivity contribution in [2.45, 2.75) is 19.4 Å². The lowest BCUT2D eigenvalue weighted by molar-refractivity contribution is -0.148. The van der Waals surface area contributed by atoms with Crippen LogP contribution in [0.3, 0.4) is 0 Å². The monoisotopic (exact) mass is 388 g/mol. The summed E-state index contributed by atoms with van der Waals surface area (Å²) in [7, 11) is 3.11. The first-order valence-electron chi connectivity index (χ1n) is 8.71. The molecule has 2 aromatic rings. The minimum absolute atomic E-state index is 0.0881. The molecule has 0 aliphatic carbocycles. The Labute approximate surface area is 163 Å². The van der Waals surface area contributed by atoms with Crippen molar-refractivity contribution in [3.8, 4) is 11.5 Å². The van der Waals surface area contributed by atoms with E-state index in [9.17, 15) is 9.59 Å². The molecule has 0 radical (unpaired) electrons. The van der Waals surface area contributed by atoms with Gasteiger partial charge in [-0.15, -0.1) is 0 Å². The second-order valence-corrected chi connectivity index (χ2v) is 5.81. The van der Waals surface area contributed by atoms with Crippen LogP contribution in [0.1, 0.15) is 24.9 Å². The number of amides is 1.